The van der Waals surface area contributed by atoms with E-state index in [0.29, 0.717) is 28.2 Å². The Hall–Kier alpha value is -3.09. The Morgan fingerprint density at radius 2 is 1.95 bits per heavy atom. The van der Waals surface area contributed by atoms with E-state index in [1.807, 2.05) is 12.1 Å². The zero-order chi connectivity index (χ0) is 15.4. The molecule has 2 N–H and O–H groups in total. The summed E-state index contributed by atoms with van der Waals surface area (Å²) in [6, 6.07) is 12.5. The molecule has 0 aliphatic rings. The van der Waals surface area contributed by atoms with E-state index in [4.69, 9.17) is 9.47 Å². The molecule has 0 fully saturated rings. The van der Waals surface area contributed by atoms with E-state index in [-0.39, 0.29) is 12.5 Å². The van der Waals surface area contributed by atoms with Crippen LogP contribution in [0.5, 0.6) is 11.5 Å². The Balaban J connectivity index is 1.67. The van der Waals surface area contributed by atoms with Gasteiger partial charge in [-0.05, 0) is 24.3 Å². The van der Waals surface area contributed by atoms with Crippen LogP contribution in [0.3, 0.4) is 0 Å². The number of hydrogen-bond donors (Lipinski definition) is 2. The third kappa shape index (κ3) is 2.83. The van der Waals surface area contributed by atoms with E-state index in [1.54, 1.807) is 37.4 Å². The summed E-state index contributed by atoms with van der Waals surface area (Å²) in [5, 5.41) is 13.3. The molecule has 1 amide bonds. The number of benzene rings is 2. The summed E-state index contributed by atoms with van der Waals surface area (Å²) in [7, 11) is 1.55. The number of nitrogens with zero attached hydrogens (tertiary/aromatic N) is 2. The van der Waals surface area contributed by atoms with Crippen LogP contribution in [0.1, 0.15) is 0 Å². The molecule has 0 bridgehead atoms. The van der Waals surface area contributed by atoms with Gasteiger partial charge < -0.3 is 14.8 Å². The second-order valence-corrected chi connectivity index (χ2v) is 4.48. The lowest BCUT2D eigenvalue weighted by atomic mass is 10.2. The average Bonchev–Trinajstić information content (AvgIpc) is 3.03. The summed E-state index contributed by atoms with van der Waals surface area (Å²) in [6.45, 7) is -0.130. The molecule has 0 radical (unpaired) electrons. The van der Waals surface area contributed by atoms with Gasteiger partial charge >= 0.3 is 0 Å². The zero-order valence-electron chi connectivity index (χ0n) is 11.9. The SMILES string of the molecule is COc1ccccc1OCC(=O)Nc1cccc2n[nH]nc12. The van der Waals surface area contributed by atoms with Crippen LogP contribution in [0.4, 0.5) is 5.69 Å². The highest BCUT2D eigenvalue weighted by molar-refractivity contribution is 5.99. The van der Waals surface area contributed by atoms with Crippen LogP contribution in [0.25, 0.3) is 11.0 Å². The summed E-state index contributed by atoms with van der Waals surface area (Å²) in [5.41, 5.74) is 1.87. The summed E-state index contributed by atoms with van der Waals surface area (Å²) in [4.78, 5) is 12.0. The van der Waals surface area contributed by atoms with Gasteiger partial charge in [0.25, 0.3) is 5.91 Å². The zero-order valence-corrected chi connectivity index (χ0v) is 11.9. The first kappa shape index (κ1) is 13.9. The van der Waals surface area contributed by atoms with Crippen molar-refractivity contribution in [1.29, 1.82) is 0 Å². The van der Waals surface area contributed by atoms with Crippen LogP contribution in [-0.4, -0.2) is 35.0 Å². The minimum absolute atomic E-state index is 0.130. The van der Waals surface area contributed by atoms with Crippen LogP contribution in [0.2, 0.25) is 0 Å². The van der Waals surface area contributed by atoms with Crippen molar-refractivity contribution in [1.82, 2.24) is 15.4 Å². The molecule has 1 aromatic heterocycles. The smallest absolute Gasteiger partial charge is 0.262 e. The maximum absolute atomic E-state index is 12.0. The van der Waals surface area contributed by atoms with Crippen molar-refractivity contribution in [3.8, 4) is 11.5 Å². The number of carbonyl (C=O) groups excluding carboxylic acids is 1. The van der Waals surface area contributed by atoms with E-state index in [0.717, 1.165) is 0 Å². The number of rotatable bonds is 5. The molecule has 7 nitrogen and oxygen atoms in total. The second kappa shape index (κ2) is 6.13. The average molecular weight is 298 g/mol. The van der Waals surface area contributed by atoms with Crippen molar-refractivity contribution in [3.63, 3.8) is 0 Å². The number of ether oxygens (including phenoxy) is 2. The number of methoxy groups -OCH3 is 1. The molecule has 0 saturated carbocycles. The molecule has 3 rings (SSSR count). The summed E-state index contributed by atoms with van der Waals surface area (Å²) >= 11 is 0. The van der Waals surface area contributed by atoms with Crippen LogP contribution >= 0.6 is 0 Å². The number of aromatic nitrogens is 3. The lowest BCUT2D eigenvalue weighted by Gasteiger charge is -2.10. The topological polar surface area (TPSA) is 89.1 Å². The Bertz CT molecular complexity index is 800. The number of amides is 1. The van der Waals surface area contributed by atoms with Gasteiger partial charge in [0, 0.05) is 0 Å². The van der Waals surface area contributed by atoms with Crippen molar-refractivity contribution in [2.45, 2.75) is 0 Å². The van der Waals surface area contributed by atoms with E-state index in [2.05, 4.69) is 20.7 Å². The van der Waals surface area contributed by atoms with Crippen molar-refractivity contribution >= 4 is 22.6 Å². The summed E-state index contributed by atoms with van der Waals surface area (Å²) in [6.07, 6.45) is 0. The summed E-state index contributed by atoms with van der Waals surface area (Å²) < 4.78 is 10.6. The Labute approximate surface area is 126 Å². The van der Waals surface area contributed by atoms with E-state index < -0.39 is 0 Å². The van der Waals surface area contributed by atoms with Crippen LogP contribution in [0, 0.1) is 0 Å². The first-order chi connectivity index (χ1) is 10.8. The lowest BCUT2D eigenvalue weighted by Crippen LogP contribution is -2.20. The molecular weight excluding hydrogens is 284 g/mol. The first-order valence-corrected chi connectivity index (χ1v) is 6.63. The fourth-order valence-corrected chi connectivity index (χ4v) is 2.04. The van der Waals surface area contributed by atoms with Gasteiger partial charge in [-0.2, -0.15) is 15.4 Å². The van der Waals surface area contributed by atoms with E-state index in [9.17, 15) is 4.79 Å². The van der Waals surface area contributed by atoms with Gasteiger partial charge in [0.1, 0.15) is 11.0 Å². The molecule has 0 unspecified atom stereocenters. The molecule has 22 heavy (non-hydrogen) atoms. The molecule has 0 aliphatic heterocycles. The van der Waals surface area contributed by atoms with Gasteiger partial charge in [0.15, 0.2) is 18.1 Å². The van der Waals surface area contributed by atoms with Crippen molar-refractivity contribution in [3.05, 3.63) is 42.5 Å². The third-order valence-corrected chi connectivity index (χ3v) is 3.05. The summed E-state index contributed by atoms with van der Waals surface area (Å²) in [5.74, 6) is 0.801. The predicted octanol–water partition coefficient (Wildman–Crippen LogP) is 1.98. The standard InChI is InChI=1S/C15H14N4O3/c1-21-12-7-2-3-8-13(12)22-9-14(20)16-10-5-4-6-11-15(10)18-19-17-11/h2-8H,9H2,1H3,(H,16,20)(H,17,18,19). The highest BCUT2D eigenvalue weighted by Gasteiger charge is 2.10. The molecular formula is C15H14N4O3. The molecule has 7 heteroatoms. The molecule has 1 heterocycles. The lowest BCUT2D eigenvalue weighted by molar-refractivity contribution is -0.118. The Morgan fingerprint density at radius 1 is 1.14 bits per heavy atom. The van der Waals surface area contributed by atoms with Crippen LogP contribution < -0.4 is 14.8 Å². The quantitative estimate of drug-likeness (QED) is 0.752. The highest BCUT2D eigenvalue weighted by atomic mass is 16.5. The monoisotopic (exact) mass is 298 g/mol. The maximum atomic E-state index is 12.0. The van der Waals surface area contributed by atoms with Gasteiger partial charge in [0.2, 0.25) is 0 Å². The van der Waals surface area contributed by atoms with Gasteiger partial charge in [-0.1, -0.05) is 18.2 Å². The van der Waals surface area contributed by atoms with Gasteiger partial charge in [-0.15, -0.1) is 0 Å². The number of H-pyrrole nitrogens is 1. The Kier molecular flexibility index (Phi) is 3.86. The van der Waals surface area contributed by atoms with Crippen LogP contribution in [-0.2, 0) is 4.79 Å². The predicted molar refractivity (Wildman–Crippen MR) is 81.0 cm³/mol. The second-order valence-electron chi connectivity index (χ2n) is 4.48. The third-order valence-electron chi connectivity index (χ3n) is 3.05. The molecule has 3 aromatic rings. The maximum Gasteiger partial charge on any atom is 0.262 e. The van der Waals surface area contributed by atoms with Crippen molar-refractivity contribution in [2.75, 3.05) is 19.0 Å². The van der Waals surface area contributed by atoms with Crippen molar-refractivity contribution in [2.24, 2.45) is 0 Å². The minimum Gasteiger partial charge on any atom is -0.493 e. The fourth-order valence-electron chi connectivity index (χ4n) is 2.04. The largest absolute Gasteiger partial charge is 0.493 e. The molecule has 112 valence electrons. The van der Waals surface area contributed by atoms with Crippen molar-refractivity contribution < 1.29 is 14.3 Å². The number of anilines is 1. The van der Waals surface area contributed by atoms with Crippen LogP contribution in [0.15, 0.2) is 42.5 Å². The highest BCUT2D eigenvalue weighted by Crippen LogP contribution is 2.25. The number of nitrogens with one attached hydrogen (secondary N) is 2. The molecule has 0 aliphatic carbocycles. The number of aromatic amines is 1. The molecule has 2 aromatic carbocycles. The molecule has 0 atom stereocenters. The van der Waals surface area contributed by atoms with Gasteiger partial charge in [0.05, 0.1) is 12.8 Å². The van der Waals surface area contributed by atoms with E-state index in [1.165, 1.54) is 0 Å². The van der Waals surface area contributed by atoms with Gasteiger partial charge in [-0.25, -0.2) is 0 Å². The number of para-hydroxylation sites is 3. The number of fused-ring (bicyclic) bond motifs is 1. The molecule has 0 saturated heterocycles. The van der Waals surface area contributed by atoms with E-state index >= 15 is 0 Å². The number of carbonyl (C=O) groups is 1. The number of hydrogen-bond acceptors (Lipinski definition) is 5. The fraction of sp³-hybridized carbons (Fsp3) is 0.133. The minimum atomic E-state index is -0.290. The van der Waals surface area contributed by atoms with Gasteiger partial charge in [-0.3, -0.25) is 4.79 Å². The molecule has 0 spiro atoms. The first-order valence-electron chi connectivity index (χ1n) is 6.63. The Morgan fingerprint density at radius 3 is 2.77 bits per heavy atom. The normalized spacial score (nSPS) is 10.4.